The van der Waals surface area contributed by atoms with Crippen LogP contribution >= 0.6 is 0 Å². The average molecular weight is 231 g/mol. The van der Waals surface area contributed by atoms with Crippen molar-refractivity contribution in [2.45, 2.75) is 25.9 Å². The van der Waals surface area contributed by atoms with Crippen LogP contribution < -0.4 is 11.1 Å². The van der Waals surface area contributed by atoms with Gasteiger partial charge < -0.3 is 21.1 Å². The first-order chi connectivity index (χ1) is 7.32. The van der Waals surface area contributed by atoms with Crippen molar-refractivity contribution in [3.8, 4) is 0 Å². The Hall–Kier alpha value is -0.650. The van der Waals surface area contributed by atoms with Crippen LogP contribution in [0.1, 0.15) is 20.3 Å². The lowest BCUT2D eigenvalue weighted by atomic mass is 10.0. The summed E-state index contributed by atoms with van der Waals surface area (Å²) in [5, 5.41) is 12.7. The molecule has 0 aliphatic heterocycles. The Kier molecular flexibility index (Phi) is 6.55. The molecule has 16 heavy (non-hydrogen) atoms. The predicted octanol–water partition coefficient (Wildman–Crippen LogP) is -0.600. The summed E-state index contributed by atoms with van der Waals surface area (Å²) in [6.45, 7) is 4.73. The lowest BCUT2D eigenvalue weighted by molar-refractivity contribution is -0.126. The van der Waals surface area contributed by atoms with E-state index < -0.39 is 5.60 Å². The van der Waals surface area contributed by atoms with Crippen molar-refractivity contribution in [1.82, 2.24) is 10.2 Å². The molecular formula is C11H25N3O2. The van der Waals surface area contributed by atoms with E-state index in [1.165, 1.54) is 0 Å². The third-order valence-corrected chi connectivity index (χ3v) is 2.45. The van der Waals surface area contributed by atoms with E-state index in [9.17, 15) is 9.90 Å². The maximum absolute atomic E-state index is 11.6. The molecule has 0 spiro atoms. The topological polar surface area (TPSA) is 78.6 Å². The zero-order valence-electron chi connectivity index (χ0n) is 10.8. The Bertz CT molecular complexity index is 213. The molecule has 0 rings (SSSR count). The van der Waals surface area contributed by atoms with E-state index >= 15 is 0 Å². The van der Waals surface area contributed by atoms with Crippen LogP contribution in [0.15, 0.2) is 0 Å². The van der Waals surface area contributed by atoms with Gasteiger partial charge in [0.2, 0.25) is 5.91 Å². The Morgan fingerprint density at radius 2 is 2.12 bits per heavy atom. The fourth-order valence-electron chi connectivity index (χ4n) is 1.62. The fraction of sp³-hybridized carbons (Fsp3) is 0.909. The van der Waals surface area contributed by atoms with Gasteiger partial charge in [0.15, 0.2) is 0 Å². The standard InChI is InChI=1S/C11H25N3O2/c1-5-9(6-12)10(15)13-7-11(2,16)8-14(3)4/h9,16H,5-8,12H2,1-4H3,(H,13,15). The van der Waals surface area contributed by atoms with E-state index in [1.807, 2.05) is 25.9 Å². The van der Waals surface area contributed by atoms with Crippen LogP contribution in [0, 0.1) is 5.92 Å². The molecule has 0 aromatic heterocycles. The number of hydrogen-bond acceptors (Lipinski definition) is 4. The van der Waals surface area contributed by atoms with Gasteiger partial charge in [0.1, 0.15) is 0 Å². The molecule has 5 nitrogen and oxygen atoms in total. The normalized spacial score (nSPS) is 16.9. The quantitative estimate of drug-likeness (QED) is 0.547. The molecule has 4 N–H and O–H groups in total. The molecule has 2 atom stereocenters. The number of nitrogens with two attached hydrogens (primary N) is 1. The van der Waals surface area contributed by atoms with Gasteiger partial charge in [-0.2, -0.15) is 0 Å². The van der Waals surface area contributed by atoms with E-state index in [1.54, 1.807) is 6.92 Å². The van der Waals surface area contributed by atoms with Gasteiger partial charge in [-0.15, -0.1) is 0 Å². The molecule has 2 unspecified atom stereocenters. The van der Waals surface area contributed by atoms with E-state index in [0.29, 0.717) is 13.1 Å². The van der Waals surface area contributed by atoms with Crippen molar-refractivity contribution in [3.63, 3.8) is 0 Å². The SMILES string of the molecule is CCC(CN)C(=O)NCC(C)(O)CN(C)C. The van der Waals surface area contributed by atoms with Crippen LogP contribution in [0.2, 0.25) is 0 Å². The molecule has 96 valence electrons. The highest BCUT2D eigenvalue weighted by Crippen LogP contribution is 2.04. The molecule has 0 fully saturated rings. The molecule has 5 heteroatoms. The minimum Gasteiger partial charge on any atom is -0.387 e. The predicted molar refractivity (Wildman–Crippen MR) is 65.0 cm³/mol. The van der Waals surface area contributed by atoms with Gasteiger partial charge in [0.05, 0.1) is 5.60 Å². The van der Waals surface area contributed by atoms with E-state index in [2.05, 4.69) is 5.32 Å². The van der Waals surface area contributed by atoms with E-state index in [-0.39, 0.29) is 18.4 Å². The van der Waals surface area contributed by atoms with Crippen molar-refractivity contribution in [3.05, 3.63) is 0 Å². The second-order valence-electron chi connectivity index (χ2n) is 4.79. The first kappa shape index (κ1) is 15.3. The zero-order chi connectivity index (χ0) is 12.8. The minimum absolute atomic E-state index is 0.0796. The van der Waals surface area contributed by atoms with Crippen LogP contribution in [0.4, 0.5) is 0 Å². The molecule has 0 aromatic rings. The van der Waals surface area contributed by atoms with Gasteiger partial charge in [0.25, 0.3) is 0 Å². The van der Waals surface area contributed by atoms with Gasteiger partial charge >= 0.3 is 0 Å². The van der Waals surface area contributed by atoms with Crippen molar-refractivity contribution in [1.29, 1.82) is 0 Å². The molecule has 0 heterocycles. The first-order valence-corrected chi connectivity index (χ1v) is 5.67. The van der Waals surface area contributed by atoms with Crippen LogP contribution in [0.3, 0.4) is 0 Å². The summed E-state index contributed by atoms with van der Waals surface area (Å²) in [5.74, 6) is -0.237. The van der Waals surface area contributed by atoms with Crippen molar-refractivity contribution >= 4 is 5.91 Å². The molecule has 0 saturated carbocycles. The minimum atomic E-state index is -0.911. The number of likely N-dealkylation sites (N-methyl/N-ethyl adjacent to an activating group) is 1. The van der Waals surface area contributed by atoms with E-state index in [4.69, 9.17) is 5.73 Å². The summed E-state index contributed by atoms with van der Waals surface area (Å²) in [7, 11) is 3.76. The Morgan fingerprint density at radius 3 is 2.50 bits per heavy atom. The molecule has 0 aromatic carbocycles. The number of nitrogens with one attached hydrogen (secondary N) is 1. The maximum Gasteiger partial charge on any atom is 0.224 e. The van der Waals surface area contributed by atoms with Crippen LogP contribution in [0.5, 0.6) is 0 Å². The first-order valence-electron chi connectivity index (χ1n) is 5.67. The van der Waals surface area contributed by atoms with Crippen molar-refractivity contribution in [2.24, 2.45) is 11.7 Å². The summed E-state index contributed by atoms with van der Waals surface area (Å²) in [6.07, 6.45) is 0.720. The van der Waals surface area contributed by atoms with Gasteiger partial charge in [0, 0.05) is 25.6 Å². The third-order valence-electron chi connectivity index (χ3n) is 2.45. The third kappa shape index (κ3) is 6.05. The molecule has 0 bridgehead atoms. The number of carbonyl (C=O) groups excluding carboxylic acids is 1. The van der Waals surface area contributed by atoms with Gasteiger partial charge in [-0.3, -0.25) is 4.79 Å². The van der Waals surface area contributed by atoms with Crippen LogP contribution in [-0.4, -0.2) is 55.2 Å². The number of hydrogen-bond donors (Lipinski definition) is 3. The van der Waals surface area contributed by atoms with Crippen LogP contribution in [0.25, 0.3) is 0 Å². The molecule has 1 amide bonds. The summed E-state index contributed by atoms with van der Waals surface area (Å²) in [5.41, 5.74) is 4.56. The van der Waals surface area contributed by atoms with Crippen LogP contribution in [-0.2, 0) is 4.79 Å². The number of carbonyl (C=O) groups is 1. The summed E-state index contributed by atoms with van der Waals surface area (Å²) in [6, 6.07) is 0. The Labute approximate surface area is 98.0 Å². The zero-order valence-corrected chi connectivity index (χ0v) is 10.8. The highest BCUT2D eigenvalue weighted by Gasteiger charge is 2.23. The van der Waals surface area contributed by atoms with Crippen molar-refractivity contribution < 1.29 is 9.90 Å². The number of nitrogens with zero attached hydrogens (tertiary/aromatic N) is 1. The number of amides is 1. The summed E-state index contributed by atoms with van der Waals surface area (Å²) < 4.78 is 0. The molecule has 0 aliphatic rings. The largest absolute Gasteiger partial charge is 0.387 e. The molecule has 0 saturated heterocycles. The highest BCUT2D eigenvalue weighted by molar-refractivity contribution is 5.78. The fourth-order valence-corrected chi connectivity index (χ4v) is 1.62. The number of aliphatic hydroxyl groups is 1. The Morgan fingerprint density at radius 1 is 1.56 bits per heavy atom. The number of rotatable bonds is 7. The lowest BCUT2D eigenvalue weighted by Crippen LogP contribution is -2.48. The molecular weight excluding hydrogens is 206 g/mol. The van der Waals surface area contributed by atoms with E-state index in [0.717, 1.165) is 6.42 Å². The second kappa shape index (κ2) is 6.83. The van der Waals surface area contributed by atoms with Gasteiger partial charge in [-0.25, -0.2) is 0 Å². The Balaban J connectivity index is 4.08. The lowest BCUT2D eigenvalue weighted by Gasteiger charge is -2.27. The molecule has 0 radical (unpaired) electrons. The van der Waals surface area contributed by atoms with Crippen molar-refractivity contribution in [2.75, 3.05) is 33.7 Å². The monoisotopic (exact) mass is 231 g/mol. The second-order valence-corrected chi connectivity index (χ2v) is 4.79. The molecule has 0 aliphatic carbocycles. The van der Waals surface area contributed by atoms with Gasteiger partial charge in [-0.05, 0) is 27.4 Å². The highest BCUT2D eigenvalue weighted by atomic mass is 16.3. The smallest absolute Gasteiger partial charge is 0.224 e. The summed E-state index contributed by atoms with van der Waals surface area (Å²) >= 11 is 0. The summed E-state index contributed by atoms with van der Waals surface area (Å²) in [4.78, 5) is 13.5. The maximum atomic E-state index is 11.6. The average Bonchev–Trinajstić information content (AvgIpc) is 2.15. The van der Waals surface area contributed by atoms with Gasteiger partial charge in [-0.1, -0.05) is 6.92 Å².